The third kappa shape index (κ3) is 5.17. The number of pyridine rings is 1. The first kappa shape index (κ1) is 23.2. The zero-order chi connectivity index (χ0) is 23.5. The molecule has 1 fully saturated rings. The molecule has 3 heterocycles. The summed E-state index contributed by atoms with van der Waals surface area (Å²) in [7, 11) is 1.52. The average molecular weight is 491 g/mol. The van der Waals surface area contributed by atoms with E-state index < -0.39 is 5.82 Å². The van der Waals surface area contributed by atoms with Crippen LogP contribution in [0.15, 0.2) is 48.9 Å². The van der Waals surface area contributed by atoms with Gasteiger partial charge in [0.05, 0.1) is 35.1 Å². The molecule has 0 radical (unpaired) electrons. The van der Waals surface area contributed by atoms with Gasteiger partial charge in [0.1, 0.15) is 6.10 Å². The number of benzene rings is 1. The lowest BCUT2D eigenvalue weighted by Gasteiger charge is -2.25. The van der Waals surface area contributed by atoms with Crippen molar-refractivity contribution in [1.82, 2.24) is 19.9 Å². The van der Waals surface area contributed by atoms with E-state index >= 15 is 0 Å². The highest BCUT2D eigenvalue weighted by atomic mass is 35.5. The normalized spacial score (nSPS) is 18.8. The fraction of sp³-hybridized carbons (Fsp3) is 0.304. The second-order valence-electron chi connectivity index (χ2n) is 7.75. The van der Waals surface area contributed by atoms with Gasteiger partial charge in [0, 0.05) is 37.2 Å². The van der Waals surface area contributed by atoms with Gasteiger partial charge in [0.2, 0.25) is 5.88 Å². The number of carbonyl (C=O) groups excluding carboxylic acids is 1. The molecule has 1 aliphatic heterocycles. The van der Waals surface area contributed by atoms with Crippen molar-refractivity contribution in [1.29, 1.82) is 0 Å². The molecule has 3 atom stereocenters. The summed E-state index contributed by atoms with van der Waals surface area (Å²) < 4.78 is 24.1. The number of ether oxygens (including phenoxy) is 2. The number of nitrogens with zero attached hydrogens (tertiary/aromatic N) is 4. The van der Waals surface area contributed by atoms with E-state index in [0.717, 1.165) is 18.0 Å². The minimum absolute atomic E-state index is 0.0703. The molecule has 1 amide bonds. The van der Waals surface area contributed by atoms with E-state index in [-0.39, 0.29) is 29.9 Å². The molecule has 172 valence electrons. The van der Waals surface area contributed by atoms with Crippen LogP contribution in [0.1, 0.15) is 28.8 Å². The summed E-state index contributed by atoms with van der Waals surface area (Å²) in [6.45, 7) is 2.76. The molecule has 33 heavy (non-hydrogen) atoms. The number of aromatic nitrogens is 3. The van der Waals surface area contributed by atoms with Crippen molar-refractivity contribution in [3.8, 4) is 11.9 Å². The zero-order valence-corrected chi connectivity index (χ0v) is 19.4. The molecule has 0 saturated carbocycles. The number of hydrogen-bond acceptors (Lipinski definition) is 6. The van der Waals surface area contributed by atoms with Crippen molar-refractivity contribution in [3.63, 3.8) is 0 Å². The molecule has 1 saturated heterocycles. The minimum Gasteiger partial charge on any atom is -0.481 e. The standard InChI is InChI=1S/C23H21Cl2FN4O3/c1-13(33-23-28-9-16(26)10-29-23)17-11-30(22(31)15-4-6-21(32-2)27-8-15)12-18(17)14-3-5-19(24)20(25)7-14/h3-10,13,17-18H,11-12H2,1-2H3/t13-,17-,18-/m0/s1. The molecule has 2 aromatic heterocycles. The molecule has 7 nitrogen and oxygen atoms in total. The minimum atomic E-state index is -0.547. The van der Waals surface area contributed by atoms with Crippen molar-refractivity contribution < 1.29 is 18.7 Å². The number of amides is 1. The Bertz CT molecular complexity index is 1130. The van der Waals surface area contributed by atoms with Crippen molar-refractivity contribution >= 4 is 29.1 Å². The number of rotatable bonds is 6. The van der Waals surface area contributed by atoms with Gasteiger partial charge >= 0.3 is 6.01 Å². The fourth-order valence-corrected chi connectivity index (χ4v) is 4.30. The van der Waals surface area contributed by atoms with Crippen LogP contribution in [0.2, 0.25) is 10.0 Å². The van der Waals surface area contributed by atoms with Gasteiger partial charge in [-0.1, -0.05) is 29.3 Å². The van der Waals surface area contributed by atoms with E-state index in [1.807, 2.05) is 19.1 Å². The molecular weight excluding hydrogens is 470 g/mol. The van der Waals surface area contributed by atoms with Gasteiger partial charge in [-0.2, -0.15) is 0 Å². The highest BCUT2D eigenvalue weighted by Gasteiger charge is 2.40. The summed E-state index contributed by atoms with van der Waals surface area (Å²) in [5.41, 5.74) is 1.40. The van der Waals surface area contributed by atoms with E-state index in [4.69, 9.17) is 32.7 Å². The lowest BCUT2D eigenvalue weighted by Crippen LogP contribution is -2.32. The Hall–Kier alpha value is -2.97. The molecule has 1 aromatic carbocycles. The maximum atomic E-state index is 13.2. The predicted molar refractivity (Wildman–Crippen MR) is 121 cm³/mol. The lowest BCUT2D eigenvalue weighted by atomic mass is 9.86. The van der Waals surface area contributed by atoms with Crippen LogP contribution in [0.3, 0.4) is 0 Å². The second-order valence-corrected chi connectivity index (χ2v) is 8.56. The Morgan fingerprint density at radius 3 is 2.48 bits per heavy atom. The van der Waals surface area contributed by atoms with Crippen LogP contribution in [0.5, 0.6) is 11.9 Å². The largest absolute Gasteiger partial charge is 0.481 e. The Morgan fingerprint density at radius 1 is 1.09 bits per heavy atom. The fourth-order valence-electron chi connectivity index (χ4n) is 3.99. The molecule has 0 aliphatic carbocycles. The second kappa shape index (κ2) is 9.89. The average Bonchev–Trinajstić information content (AvgIpc) is 3.27. The molecule has 1 aliphatic rings. The van der Waals surface area contributed by atoms with Gasteiger partial charge < -0.3 is 14.4 Å². The first-order chi connectivity index (χ1) is 15.9. The quantitative estimate of drug-likeness (QED) is 0.500. The highest BCUT2D eigenvalue weighted by Crippen LogP contribution is 2.38. The Balaban J connectivity index is 1.60. The molecular formula is C23H21Cl2FN4O3. The third-order valence-corrected chi connectivity index (χ3v) is 6.45. The number of likely N-dealkylation sites (tertiary alicyclic amines) is 1. The maximum Gasteiger partial charge on any atom is 0.316 e. The van der Waals surface area contributed by atoms with Crippen LogP contribution in [0.25, 0.3) is 0 Å². The Kier molecular flexibility index (Phi) is 6.95. The topological polar surface area (TPSA) is 77.4 Å². The molecule has 10 heteroatoms. The van der Waals surface area contributed by atoms with Crippen molar-refractivity contribution in [2.75, 3.05) is 20.2 Å². The Morgan fingerprint density at radius 2 is 1.85 bits per heavy atom. The number of carbonyl (C=O) groups is 1. The number of hydrogen-bond donors (Lipinski definition) is 0. The van der Waals surface area contributed by atoms with Gasteiger partial charge in [-0.15, -0.1) is 0 Å². The van der Waals surface area contributed by atoms with Crippen molar-refractivity contribution in [2.24, 2.45) is 5.92 Å². The van der Waals surface area contributed by atoms with Crippen molar-refractivity contribution in [2.45, 2.75) is 18.9 Å². The number of methoxy groups -OCH3 is 1. The van der Waals surface area contributed by atoms with E-state index in [0.29, 0.717) is 34.6 Å². The van der Waals surface area contributed by atoms with E-state index in [9.17, 15) is 9.18 Å². The summed E-state index contributed by atoms with van der Waals surface area (Å²) in [6, 6.07) is 8.85. The lowest BCUT2D eigenvalue weighted by molar-refractivity contribution is 0.0767. The molecule has 0 N–H and O–H groups in total. The van der Waals surface area contributed by atoms with Crippen LogP contribution in [-0.2, 0) is 0 Å². The first-order valence-electron chi connectivity index (χ1n) is 10.2. The van der Waals surface area contributed by atoms with Crippen LogP contribution in [-0.4, -0.2) is 52.1 Å². The summed E-state index contributed by atoms with van der Waals surface area (Å²) in [4.78, 5) is 26.9. The molecule has 0 spiro atoms. The van der Waals surface area contributed by atoms with Crippen LogP contribution in [0.4, 0.5) is 4.39 Å². The SMILES string of the molecule is COc1ccc(C(=O)N2C[C@@H]([C@H](C)Oc3ncc(F)cn3)[C@H](c3ccc(Cl)c(Cl)c3)C2)cn1. The first-order valence-corrected chi connectivity index (χ1v) is 11.0. The van der Waals surface area contributed by atoms with E-state index in [2.05, 4.69) is 15.0 Å². The van der Waals surface area contributed by atoms with Gasteiger partial charge in [-0.3, -0.25) is 4.79 Å². The molecule has 0 bridgehead atoms. The predicted octanol–water partition coefficient (Wildman–Crippen LogP) is 4.65. The van der Waals surface area contributed by atoms with Gasteiger partial charge in [0.25, 0.3) is 5.91 Å². The molecule has 4 rings (SSSR count). The van der Waals surface area contributed by atoms with Crippen LogP contribution >= 0.6 is 23.2 Å². The smallest absolute Gasteiger partial charge is 0.316 e. The van der Waals surface area contributed by atoms with E-state index in [1.165, 1.54) is 13.3 Å². The van der Waals surface area contributed by atoms with Gasteiger partial charge in [0.15, 0.2) is 5.82 Å². The summed E-state index contributed by atoms with van der Waals surface area (Å²) >= 11 is 12.4. The summed E-state index contributed by atoms with van der Waals surface area (Å²) in [5.74, 6) is -0.449. The highest BCUT2D eigenvalue weighted by molar-refractivity contribution is 6.42. The summed E-state index contributed by atoms with van der Waals surface area (Å²) in [6.07, 6.45) is 3.22. The molecule has 0 unspecified atom stereocenters. The van der Waals surface area contributed by atoms with Crippen molar-refractivity contribution in [3.05, 3.63) is 75.9 Å². The Labute approximate surface area is 200 Å². The maximum absolute atomic E-state index is 13.2. The summed E-state index contributed by atoms with van der Waals surface area (Å²) in [5, 5.41) is 0.892. The zero-order valence-electron chi connectivity index (χ0n) is 17.9. The van der Waals surface area contributed by atoms with Crippen LogP contribution in [0, 0.1) is 11.7 Å². The number of halogens is 3. The molecule has 3 aromatic rings. The van der Waals surface area contributed by atoms with Gasteiger partial charge in [-0.05, 0) is 30.7 Å². The van der Waals surface area contributed by atoms with E-state index in [1.54, 1.807) is 23.1 Å². The monoisotopic (exact) mass is 490 g/mol. The van der Waals surface area contributed by atoms with Crippen LogP contribution < -0.4 is 9.47 Å². The van der Waals surface area contributed by atoms with Gasteiger partial charge in [-0.25, -0.2) is 19.3 Å². The third-order valence-electron chi connectivity index (χ3n) is 5.71.